The van der Waals surface area contributed by atoms with Crippen molar-refractivity contribution in [3.05, 3.63) is 59.9 Å². The van der Waals surface area contributed by atoms with Crippen LogP contribution in [0.5, 0.6) is 0 Å². The number of rotatable bonds is 5. The Hall–Kier alpha value is -2.67. The number of carbonyl (C=O) groups is 1. The summed E-state index contributed by atoms with van der Waals surface area (Å²) < 4.78 is 18.3. The molecule has 0 unspecified atom stereocenters. The molecule has 0 spiro atoms. The molecule has 1 heterocycles. The van der Waals surface area contributed by atoms with E-state index in [4.69, 9.17) is 4.42 Å². The van der Waals surface area contributed by atoms with E-state index < -0.39 is 0 Å². The number of halogens is 1. The SMILES string of the molecule is Cc1cccc(-c2nnc(NC(=O)CSc3ccc(F)cc3)o2)c1. The predicted molar refractivity (Wildman–Crippen MR) is 90.2 cm³/mol. The van der Waals surface area contributed by atoms with Crippen molar-refractivity contribution in [1.82, 2.24) is 10.2 Å². The zero-order valence-corrected chi connectivity index (χ0v) is 13.6. The van der Waals surface area contributed by atoms with Gasteiger partial charge in [-0.25, -0.2) is 4.39 Å². The molecule has 1 aromatic heterocycles. The largest absolute Gasteiger partial charge is 0.403 e. The first-order valence-corrected chi connectivity index (χ1v) is 8.17. The summed E-state index contributed by atoms with van der Waals surface area (Å²) in [5.74, 6) is -0.0735. The highest BCUT2D eigenvalue weighted by Crippen LogP contribution is 2.21. The minimum atomic E-state index is -0.307. The number of carbonyl (C=O) groups excluding carboxylic acids is 1. The average molecular weight is 343 g/mol. The van der Waals surface area contributed by atoms with Gasteiger partial charge in [0.2, 0.25) is 11.8 Å². The normalized spacial score (nSPS) is 10.6. The van der Waals surface area contributed by atoms with Gasteiger partial charge in [0.1, 0.15) is 5.82 Å². The van der Waals surface area contributed by atoms with Gasteiger partial charge in [-0.2, -0.15) is 0 Å². The number of thioether (sulfide) groups is 1. The van der Waals surface area contributed by atoms with Crippen molar-refractivity contribution in [3.63, 3.8) is 0 Å². The Labute approximate surface area is 142 Å². The second-order valence-electron chi connectivity index (χ2n) is 5.07. The number of hydrogen-bond donors (Lipinski definition) is 1. The second-order valence-corrected chi connectivity index (χ2v) is 6.12. The van der Waals surface area contributed by atoms with E-state index in [0.717, 1.165) is 16.0 Å². The average Bonchev–Trinajstić information content (AvgIpc) is 3.03. The Morgan fingerprint density at radius 3 is 2.75 bits per heavy atom. The van der Waals surface area contributed by atoms with E-state index >= 15 is 0 Å². The van der Waals surface area contributed by atoms with E-state index in [9.17, 15) is 9.18 Å². The third-order valence-corrected chi connectivity index (χ3v) is 4.13. The van der Waals surface area contributed by atoms with Gasteiger partial charge in [0.05, 0.1) is 5.75 Å². The molecule has 2 aromatic carbocycles. The van der Waals surface area contributed by atoms with Crippen molar-refractivity contribution in [3.8, 4) is 11.5 Å². The molecule has 0 atom stereocenters. The lowest BCUT2D eigenvalue weighted by atomic mass is 10.1. The molecule has 0 aliphatic carbocycles. The summed E-state index contributed by atoms with van der Waals surface area (Å²) in [6, 6.07) is 13.6. The van der Waals surface area contributed by atoms with E-state index in [-0.39, 0.29) is 23.5 Å². The number of benzene rings is 2. The lowest BCUT2D eigenvalue weighted by molar-refractivity contribution is -0.113. The topological polar surface area (TPSA) is 68.0 Å². The molecule has 0 saturated heterocycles. The molecule has 1 amide bonds. The van der Waals surface area contributed by atoms with Crippen LogP contribution in [0.2, 0.25) is 0 Å². The standard InChI is InChI=1S/C17H14FN3O2S/c1-11-3-2-4-12(9-11)16-20-21-17(23-16)19-15(22)10-24-14-7-5-13(18)6-8-14/h2-9H,10H2,1H3,(H,19,21,22). The van der Waals surface area contributed by atoms with Gasteiger partial charge in [-0.3, -0.25) is 10.1 Å². The van der Waals surface area contributed by atoms with E-state index in [1.807, 2.05) is 31.2 Å². The Kier molecular flexibility index (Phi) is 4.90. The Morgan fingerprint density at radius 1 is 1.21 bits per heavy atom. The zero-order chi connectivity index (χ0) is 16.9. The van der Waals surface area contributed by atoms with Gasteiger partial charge in [-0.1, -0.05) is 22.8 Å². The highest BCUT2D eigenvalue weighted by Gasteiger charge is 2.11. The molecule has 3 aromatic rings. The highest BCUT2D eigenvalue weighted by atomic mass is 32.2. The van der Waals surface area contributed by atoms with Crippen LogP contribution in [0.25, 0.3) is 11.5 Å². The monoisotopic (exact) mass is 343 g/mol. The molecule has 0 bridgehead atoms. The van der Waals surface area contributed by atoms with E-state index in [2.05, 4.69) is 15.5 Å². The number of aryl methyl sites for hydroxylation is 1. The smallest absolute Gasteiger partial charge is 0.322 e. The number of nitrogens with one attached hydrogen (secondary N) is 1. The first kappa shape index (κ1) is 16.2. The predicted octanol–water partition coefficient (Wildman–Crippen LogP) is 3.91. The lowest BCUT2D eigenvalue weighted by Gasteiger charge is -2.01. The van der Waals surface area contributed by atoms with Crippen LogP contribution >= 0.6 is 11.8 Å². The van der Waals surface area contributed by atoms with Crippen molar-refractivity contribution in [2.45, 2.75) is 11.8 Å². The van der Waals surface area contributed by atoms with Crippen LogP contribution in [0.3, 0.4) is 0 Å². The molecular formula is C17H14FN3O2S. The lowest BCUT2D eigenvalue weighted by Crippen LogP contribution is -2.14. The Bertz CT molecular complexity index is 849. The summed E-state index contributed by atoms with van der Waals surface area (Å²) in [6.07, 6.45) is 0. The fourth-order valence-corrected chi connectivity index (χ4v) is 2.70. The van der Waals surface area contributed by atoms with Crippen molar-refractivity contribution >= 4 is 23.7 Å². The molecule has 0 saturated carbocycles. The van der Waals surface area contributed by atoms with Gasteiger partial charge in [-0.15, -0.1) is 16.9 Å². The molecule has 0 aliphatic heterocycles. The zero-order valence-electron chi connectivity index (χ0n) is 12.8. The van der Waals surface area contributed by atoms with Gasteiger partial charge < -0.3 is 4.42 Å². The van der Waals surface area contributed by atoms with Crippen LogP contribution in [-0.4, -0.2) is 21.9 Å². The molecule has 7 heteroatoms. The van der Waals surface area contributed by atoms with Crippen LogP contribution < -0.4 is 5.32 Å². The van der Waals surface area contributed by atoms with Crippen molar-refractivity contribution in [1.29, 1.82) is 0 Å². The summed E-state index contributed by atoms with van der Waals surface area (Å²) in [7, 11) is 0. The van der Waals surface area contributed by atoms with Gasteiger partial charge in [0, 0.05) is 10.5 Å². The highest BCUT2D eigenvalue weighted by molar-refractivity contribution is 8.00. The molecule has 5 nitrogen and oxygen atoms in total. The number of aromatic nitrogens is 2. The number of nitrogens with zero attached hydrogens (tertiary/aromatic N) is 2. The number of hydrogen-bond acceptors (Lipinski definition) is 5. The van der Waals surface area contributed by atoms with E-state index in [1.165, 1.54) is 23.9 Å². The number of amides is 1. The molecule has 1 N–H and O–H groups in total. The Morgan fingerprint density at radius 2 is 2.00 bits per heavy atom. The van der Waals surface area contributed by atoms with E-state index in [0.29, 0.717) is 5.89 Å². The molecular weight excluding hydrogens is 329 g/mol. The molecule has 0 aliphatic rings. The number of anilines is 1. The van der Waals surface area contributed by atoms with Crippen LogP contribution in [0.4, 0.5) is 10.4 Å². The Balaban J connectivity index is 1.58. The van der Waals surface area contributed by atoms with Crippen molar-refractivity contribution in [2.24, 2.45) is 0 Å². The maximum atomic E-state index is 12.8. The molecule has 0 fully saturated rings. The third-order valence-electron chi connectivity index (χ3n) is 3.12. The fourth-order valence-electron chi connectivity index (χ4n) is 2.00. The molecule has 3 rings (SSSR count). The summed E-state index contributed by atoms with van der Waals surface area (Å²) in [5, 5.41) is 10.3. The molecule has 122 valence electrons. The van der Waals surface area contributed by atoms with Crippen molar-refractivity contribution < 1.29 is 13.6 Å². The maximum Gasteiger partial charge on any atom is 0.322 e. The quantitative estimate of drug-likeness (QED) is 0.711. The first-order chi connectivity index (χ1) is 11.6. The second kappa shape index (κ2) is 7.27. The maximum absolute atomic E-state index is 12.8. The van der Waals surface area contributed by atoms with Gasteiger partial charge in [-0.05, 0) is 43.3 Å². The third kappa shape index (κ3) is 4.20. The van der Waals surface area contributed by atoms with Crippen molar-refractivity contribution in [2.75, 3.05) is 11.1 Å². The van der Waals surface area contributed by atoms with Crippen LogP contribution in [0.1, 0.15) is 5.56 Å². The molecule has 0 radical (unpaired) electrons. The first-order valence-electron chi connectivity index (χ1n) is 7.19. The minimum absolute atomic E-state index is 0.0520. The van der Waals surface area contributed by atoms with Gasteiger partial charge in [0.25, 0.3) is 0 Å². The van der Waals surface area contributed by atoms with Crippen LogP contribution in [0.15, 0.2) is 57.8 Å². The fraction of sp³-hybridized carbons (Fsp3) is 0.118. The summed E-state index contributed by atoms with van der Waals surface area (Å²) >= 11 is 1.29. The van der Waals surface area contributed by atoms with E-state index in [1.54, 1.807) is 12.1 Å². The molecule has 24 heavy (non-hydrogen) atoms. The minimum Gasteiger partial charge on any atom is -0.403 e. The summed E-state index contributed by atoms with van der Waals surface area (Å²) in [6.45, 7) is 1.97. The summed E-state index contributed by atoms with van der Waals surface area (Å²) in [4.78, 5) is 12.7. The summed E-state index contributed by atoms with van der Waals surface area (Å²) in [5.41, 5.74) is 1.87. The van der Waals surface area contributed by atoms with Gasteiger partial charge in [0.15, 0.2) is 0 Å². The van der Waals surface area contributed by atoms with Crippen LogP contribution in [0, 0.1) is 12.7 Å². The van der Waals surface area contributed by atoms with Crippen LogP contribution in [-0.2, 0) is 4.79 Å². The van der Waals surface area contributed by atoms with Gasteiger partial charge >= 0.3 is 6.01 Å².